The van der Waals surface area contributed by atoms with Crippen LogP contribution in [0.1, 0.15) is 37.3 Å². The van der Waals surface area contributed by atoms with Crippen molar-refractivity contribution in [3.8, 4) is 17.1 Å². The first-order valence-electron chi connectivity index (χ1n) is 10.1. The van der Waals surface area contributed by atoms with E-state index in [-0.39, 0.29) is 6.04 Å². The van der Waals surface area contributed by atoms with Crippen LogP contribution in [-0.4, -0.2) is 57.0 Å². The molecule has 3 aromatic rings. The molecule has 1 saturated carbocycles. The number of nitrogens with one attached hydrogen (secondary N) is 2. The minimum atomic E-state index is -0.957. The monoisotopic (exact) mass is 397 g/mol. The average molecular weight is 397 g/mol. The van der Waals surface area contributed by atoms with Crippen LogP contribution in [0.15, 0.2) is 24.5 Å². The van der Waals surface area contributed by atoms with E-state index in [1.807, 2.05) is 16.6 Å². The summed E-state index contributed by atoms with van der Waals surface area (Å²) in [7, 11) is 1.67. The number of fused-ring (bicyclic) bond motifs is 1. The molecule has 4 heterocycles. The SMILES string of the molecule is COc1cc2ncc(-c3ccnc(N[C@H]4CNC[C@@H]4F)n3)n2nc1C1CCCC1. The zero-order chi connectivity index (χ0) is 19.8. The number of halogens is 1. The van der Waals surface area contributed by atoms with E-state index in [4.69, 9.17) is 9.84 Å². The van der Waals surface area contributed by atoms with Gasteiger partial charge in [0, 0.05) is 31.3 Å². The van der Waals surface area contributed by atoms with Crippen molar-refractivity contribution < 1.29 is 9.13 Å². The van der Waals surface area contributed by atoms with Crippen molar-refractivity contribution in [2.24, 2.45) is 0 Å². The fourth-order valence-corrected chi connectivity index (χ4v) is 4.26. The van der Waals surface area contributed by atoms with Crippen LogP contribution in [0.2, 0.25) is 0 Å². The van der Waals surface area contributed by atoms with Gasteiger partial charge in [0.2, 0.25) is 5.95 Å². The number of hydrogen-bond acceptors (Lipinski definition) is 7. The van der Waals surface area contributed by atoms with Gasteiger partial charge in [-0.05, 0) is 18.9 Å². The second-order valence-corrected chi connectivity index (χ2v) is 7.68. The lowest BCUT2D eigenvalue weighted by molar-refractivity contribution is 0.342. The highest BCUT2D eigenvalue weighted by molar-refractivity contribution is 5.61. The van der Waals surface area contributed by atoms with E-state index in [1.165, 1.54) is 12.8 Å². The predicted octanol–water partition coefficient (Wildman–Crippen LogP) is 2.57. The quantitative estimate of drug-likeness (QED) is 0.684. The molecular weight excluding hydrogens is 373 g/mol. The van der Waals surface area contributed by atoms with Crippen LogP contribution < -0.4 is 15.4 Å². The standard InChI is InChI=1S/C20H24FN7O/c1-29-17-8-18-24-11-16(28(18)27-19(17)12-4-2-3-5-12)14-6-7-23-20(25-14)26-15-10-22-9-13(15)21/h6-8,11-13,15,22H,2-5,9-10H2,1H3,(H,23,25,26)/t13-,15-/m0/s1. The van der Waals surface area contributed by atoms with Crippen LogP contribution in [0.5, 0.6) is 5.75 Å². The third-order valence-electron chi connectivity index (χ3n) is 5.82. The van der Waals surface area contributed by atoms with E-state index in [0.717, 1.165) is 30.0 Å². The Balaban J connectivity index is 1.51. The smallest absolute Gasteiger partial charge is 0.223 e. The van der Waals surface area contributed by atoms with Crippen molar-refractivity contribution >= 4 is 11.6 Å². The molecule has 0 bridgehead atoms. The third kappa shape index (κ3) is 3.39. The van der Waals surface area contributed by atoms with Crippen molar-refractivity contribution in [2.75, 3.05) is 25.5 Å². The Morgan fingerprint density at radius 3 is 2.86 bits per heavy atom. The molecule has 1 aliphatic heterocycles. The molecule has 152 valence electrons. The number of alkyl halides is 1. The number of nitrogens with zero attached hydrogens (tertiary/aromatic N) is 5. The molecule has 2 fully saturated rings. The van der Waals surface area contributed by atoms with Crippen LogP contribution in [0.4, 0.5) is 10.3 Å². The summed E-state index contributed by atoms with van der Waals surface area (Å²) >= 11 is 0. The number of rotatable bonds is 5. The summed E-state index contributed by atoms with van der Waals surface area (Å²) in [5.74, 6) is 1.59. The summed E-state index contributed by atoms with van der Waals surface area (Å²) in [6.07, 6.45) is 7.15. The molecule has 3 aromatic heterocycles. The van der Waals surface area contributed by atoms with Gasteiger partial charge in [-0.2, -0.15) is 5.10 Å². The zero-order valence-electron chi connectivity index (χ0n) is 16.3. The highest BCUT2D eigenvalue weighted by Gasteiger charge is 2.27. The van der Waals surface area contributed by atoms with Gasteiger partial charge in [-0.3, -0.25) is 0 Å². The Bertz CT molecular complexity index is 1020. The van der Waals surface area contributed by atoms with E-state index >= 15 is 0 Å². The van der Waals surface area contributed by atoms with Crippen LogP contribution in [0.3, 0.4) is 0 Å². The lowest BCUT2D eigenvalue weighted by Gasteiger charge is -2.15. The van der Waals surface area contributed by atoms with Crippen molar-refractivity contribution in [3.05, 3.63) is 30.2 Å². The highest BCUT2D eigenvalue weighted by atomic mass is 19.1. The van der Waals surface area contributed by atoms with Crippen LogP contribution in [0, 0.1) is 0 Å². The van der Waals surface area contributed by atoms with Crippen molar-refractivity contribution in [2.45, 2.75) is 43.8 Å². The number of anilines is 1. The van der Waals surface area contributed by atoms with E-state index in [0.29, 0.717) is 36.3 Å². The first kappa shape index (κ1) is 18.2. The van der Waals surface area contributed by atoms with Gasteiger partial charge < -0.3 is 15.4 Å². The summed E-state index contributed by atoms with van der Waals surface area (Å²) in [4.78, 5) is 13.3. The first-order chi connectivity index (χ1) is 14.2. The molecule has 0 spiro atoms. The maximum Gasteiger partial charge on any atom is 0.223 e. The molecule has 9 heteroatoms. The van der Waals surface area contributed by atoms with Gasteiger partial charge in [0.15, 0.2) is 5.65 Å². The summed E-state index contributed by atoms with van der Waals surface area (Å²) < 4.78 is 21.3. The highest BCUT2D eigenvalue weighted by Crippen LogP contribution is 2.38. The van der Waals surface area contributed by atoms with Crippen molar-refractivity contribution in [1.82, 2.24) is 29.9 Å². The third-order valence-corrected chi connectivity index (χ3v) is 5.82. The Morgan fingerprint density at radius 2 is 2.10 bits per heavy atom. The minimum Gasteiger partial charge on any atom is -0.495 e. The van der Waals surface area contributed by atoms with Gasteiger partial charge in [0.05, 0.1) is 25.0 Å². The maximum absolute atomic E-state index is 13.9. The Hall–Kier alpha value is -2.81. The number of ether oxygens (including phenoxy) is 1. The van der Waals surface area contributed by atoms with E-state index < -0.39 is 6.17 Å². The average Bonchev–Trinajstić information content (AvgIpc) is 3.49. The molecule has 2 atom stereocenters. The Labute approximate surface area is 167 Å². The van der Waals surface area contributed by atoms with Gasteiger partial charge in [-0.25, -0.2) is 23.9 Å². The molecule has 29 heavy (non-hydrogen) atoms. The summed E-state index contributed by atoms with van der Waals surface area (Å²) in [5.41, 5.74) is 3.14. The Morgan fingerprint density at radius 1 is 1.24 bits per heavy atom. The lowest BCUT2D eigenvalue weighted by Crippen LogP contribution is -2.30. The fourth-order valence-electron chi connectivity index (χ4n) is 4.26. The molecule has 1 aliphatic carbocycles. The second-order valence-electron chi connectivity index (χ2n) is 7.68. The van der Waals surface area contributed by atoms with Gasteiger partial charge in [0.25, 0.3) is 0 Å². The van der Waals surface area contributed by atoms with E-state index in [1.54, 1.807) is 19.5 Å². The molecular formula is C20H24FN7O. The fraction of sp³-hybridized carbons (Fsp3) is 0.500. The molecule has 2 N–H and O–H groups in total. The van der Waals surface area contributed by atoms with Crippen LogP contribution >= 0.6 is 0 Å². The maximum atomic E-state index is 13.9. The molecule has 8 nitrogen and oxygen atoms in total. The summed E-state index contributed by atoms with van der Waals surface area (Å²) in [5, 5.41) is 11.0. The molecule has 1 saturated heterocycles. The summed E-state index contributed by atoms with van der Waals surface area (Å²) in [6, 6.07) is 3.42. The van der Waals surface area contributed by atoms with E-state index in [2.05, 4.69) is 25.6 Å². The molecule has 0 unspecified atom stereocenters. The van der Waals surface area contributed by atoms with E-state index in [9.17, 15) is 4.39 Å². The second kappa shape index (κ2) is 7.55. The van der Waals surface area contributed by atoms with Gasteiger partial charge in [0.1, 0.15) is 23.3 Å². The largest absolute Gasteiger partial charge is 0.495 e. The predicted molar refractivity (Wildman–Crippen MR) is 107 cm³/mol. The van der Waals surface area contributed by atoms with Crippen molar-refractivity contribution in [1.29, 1.82) is 0 Å². The van der Waals surface area contributed by atoms with Crippen LogP contribution in [-0.2, 0) is 0 Å². The topological polar surface area (TPSA) is 89.3 Å². The Kier molecular flexibility index (Phi) is 4.75. The molecule has 0 radical (unpaired) electrons. The summed E-state index contributed by atoms with van der Waals surface area (Å²) in [6.45, 7) is 0.900. The van der Waals surface area contributed by atoms with Crippen molar-refractivity contribution in [3.63, 3.8) is 0 Å². The van der Waals surface area contributed by atoms with Crippen LogP contribution in [0.25, 0.3) is 17.0 Å². The number of aromatic nitrogens is 5. The number of imidazole rings is 1. The molecule has 0 amide bonds. The first-order valence-corrected chi connectivity index (χ1v) is 10.1. The van der Waals surface area contributed by atoms with Gasteiger partial charge >= 0.3 is 0 Å². The number of hydrogen-bond donors (Lipinski definition) is 2. The lowest BCUT2D eigenvalue weighted by atomic mass is 10.0. The van der Waals surface area contributed by atoms with Gasteiger partial charge in [-0.1, -0.05) is 12.8 Å². The molecule has 0 aromatic carbocycles. The zero-order valence-corrected chi connectivity index (χ0v) is 16.3. The molecule has 5 rings (SSSR count). The minimum absolute atomic E-state index is 0.330. The van der Waals surface area contributed by atoms with Gasteiger partial charge in [-0.15, -0.1) is 0 Å². The molecule has 2 aliphatic rings. The normalized spacial score (nSPS) is 22.4. The number of methoxy groups -OCH3 is 1.